The molecule has 0 saturated carbocycles. The van der Waals surface area contributed by atoms with Crippen LogP contribution < -0.4 is 9.64 Å². The lowest BCUT2D eigenvalue weighted by atomic mass is 9.54. The van der Waals surface area contributed by atoms with Crippen molar-refractivity contribution >= 4 is 49.4 Å². The summed E-state index contributed by atoms with van der Waals surface area (Å²) in [5, 5.41) is 0. The molecule has 4 aliphatic rings. The fourth-order valence-electron chi connectivity index (χ4n) is 5.65. The highest BCUT2D eigenvalue weighted by molar-refractivity contribution is 9.10. The number of hydrogen-bond acceptors (Lipinski definition) is 3. The van der Waals surface area contributed by atoms with Gasteiger partial charge in [0.05, 0.1) is 33.3 Å². The monoisotopic (exact) mass is 537 g/mol. The Bertz CT molecular complexity index is 1150. The van der Waals surface area contributed by atoms with Gasteiger partial charge in [-0.2, -0.15) is 0 Å². The van der Waals surface area contributed by atoms with Crippen LogP contribution in [0.5, 0.6) is 5.75 Å². The van der Waals surface area contributed by atoms with Gasteiger partial charge in [0, 0.05) is 0 Å². The Balaban J connectivity index is 1.62. The van der Waals surface area contributed by atoms with Crippen LogP contribution >= 0.6 is 31.9 Å². The molecule has 4 nitrogen and oxygen atoms in total. The van der Waals surface area contributed by atoms with E-state index in [9.17, 15) is 9.59 Å². The van der Waals surface area contributed by atoms with Gasteiger partial charge in [0.15, 0.2) is 0 Å². The number of anilines is 1. The number of alkyl halides is 2. The van der Waals surface area contributed by atoms with Gasteiger partial charge in [-0.25, -0.2) is 4.90 Å². The summed E-state index contributed by atoms with van der Waals surface area (Å²) in [6.07, 6.45) is 0. The van der Waals surface area contributed by atoms with Gasteiger partial charge in [-0.05, 0) is 46.5 Å². The average molecular weight is 539 g/mol. The van der Waals surface area contributed by atoms with Gasteiger partial charge in [0.1, 0.15) is 5.75 Å². The molecular formula is C25H17Br2NO3. The van der Waals surface area contributed by atoms with E-state index >= 15 is 0 Å². The first-order valence-corrected chi connectivity index (χ1v) is 11.6. The second kappa shape index (κ2) is 6.30. The Labute approximate surface area is 196 Å². The summed E-state index contributed by atoms with van der Waals surface area (Å²) < 4.78 is 3.70. The molecular weight excluding hydrogens is 522 g/mol. The zero-order valence-electron chi connectivity index (χ0n) is 16.5. The number of hydrogen-bond donors (Lipinski definition) is 0. The Kier molecular flexibility index (Phi) is 3.91. The number of amides is 2. The van der Waals surface area contributed by atoms with E-state index < -0.39 is 20.5 Å². The fraction of sp³-hybridized carbons (Fsp3) is 0.200. The Morgan fingerprint density at radius 1 is 0.710 bits per heavy atom. The summed E-state index contributed by atoms with van der Waals surface area (Å²) in [6, 6.07) is 23.2. The molecule has 1 aliphatic heterocycles. The third-order valence-electron chi connectivity index (χ3n) is 6.92. The lowest BCUT2D eigenvalue weighted by molar-refractivity contribution is -0.122. The molecule has 1 saturated heterocycles. The van der Waals surface area contributed by atoms with Crippen LogP contribution in [0, 0.1) is 11.8 Å². The molecule has 1 fully saturated rings. The molecule has 0 spiro atoms. The van der Waals surface area contributed by atoms with Crippen molar-refractivity contribution in [3.05, 3.63) is 95.1 Å². The van der Waals surface area contributed by atoms with E-state index in [0.717, 1.165) is 22.3 Å². The van der Waals surface area contributed by atoms with Crippen LogP contribution in [-0.2, 0) is 18.2 Å². The molecule has 7 rings (SSSR count). The zero-order chi connectivity index (χ0) is 21.5. The molecule has 2 unspecified atom stereocenters. The summed E-state index contributed by atoms with van der Waals surface area (Å²) in [4.78, 5) is 29.1. The smallest absolute Gasteiger partial charge is 0.239 e. The number of imide groups is 1. The van der Waals surface area contributed by atoms with E-state index in [1.54, 1.807) is 31.4 Å². The lowest BCUT2D eigenvalue weighted by Gasteiger charge is -2.55. The molecule has 2 bridgehead atoms. The van der Waals surface area contributed by atoms with E-state index in [2.05, 4.69) is 56.1 Å². The number of nitrogens with zero attached hydrogens (tertiary/aromatic N) is 1. The Hall–Kier alpha value is -2.44. The first-order chi connectivity index (χ1) is 14.9. The first kappa shape index (κ1) is 19.3. The maximum Gasteiger partial charge on any atom is 0.239 e. The van der Waals surface area contributed by atoms with Crippen molar-refractivity contribution in [2.45, 2.75) is 8.65 Å². The quantitative estimate of drug-likeness (QED) is 0.336. The maximum absolute atomic E-state index is 13.9. The molecule has 0 N–H and O–H groups in total. The number of methoxy groups -OCH3 is 1. The van der Waals surface area contributed by atoms with Crippen molar-refractivity contribution in [3.63, 3.8) is 0 Å². The molecule has 3 aromatic carbocycles. The predicted molar refractivity (Wildman–Crippen MR) is 125 cm³/mol. The average Bonchev–Trinajstić information content (AvgIpc) is 3.08. The van der Waals surface area contributed by atoms with Gasteiger partial charge in [0.25, 0.3) is 0 Å². The first-order valence-electron chi connectivity index (χ1n) is 10.0. The topological polar surface area (TPSA) is 46.6 Å². The minimum absolute atomic E-state index is 0.190. The SMILES string of the molecule is COc1ccc(N2C(=O)C3C(C2=O)C2(Br)c4ccccc4C3(Br)c3ccccc32)cc1. The van der Waals surface area contributed by atoms with Gasteiger partial charge in [-0.3, -0.25) is 9.59 Å². The molecule has 3 aromatic rings. The molecule has 1 heterocycles. The van der Waals surface area contributed by atoms with E-state index in [-0.39, 0.29) is 11.8 Å². The van der Waals surface area contributed by atoms with Crippen LogP contribution in [0.3, 0.4) is 0 Å². The summed E-state index contributed by atoms with van der Waals surface area (Å²) in [6.45, 7) is 0. The molecule has 0 aromatic heterocycles. The number of carbonyl (C=O) groups excluding carboxylic acids is 2. The van der Waals surface area contributed by atoms with Crippen LogP contribution in [0.15, 0.2) is 72.8 Å². The van der Waals surface area contributed by atoms with Crippen molar-refractivity contribution < 1.29 is 14.3 Å². The van der Waals surface area contributed by atoms with E-state index in [4.69, 9.17) is 4.74 Å². The van der Waals surface area contributed by atoms with Gasteiger partial charge in [-0.1, -0.05) is 80.4 Å². The standard InChI is InChI=1S/C25H17Br2NO3/c1-31-15-12-10-14(11-13-15)28-22(29)20-21(23(28)30)25(27)17-7-3-2-6-16(17)24(20,26)18-8-4-5-9-19(18)25/h2-13,20-21H,1H3. The van der Waals surface area contributed by atoms with Crippen LogP contribution in [0.25, 0.3) is 0 Å². The van der Waals surface area contributed by atoms with Crippen molar-refractivity contribution in [3.8, 4) is 5.75 Å². The third kappa shape index (κ3) is 2.15. The van der Waals surface area contributed by atoms with Crippen molar-refractivity contribution in [2.75, 3.05) is 12.0 Å². The van der Waals surface area contributed by atoms with E-state index in [1.807, 2.05) is 24.3 Å². The van der Waals surface area contributed by atoms with Gasteiger partial charge in [-0.15, -0.1) is 0 Å². The normalized spacial score (nSPS) is 30.1. The number of rotatable bonds is 2. The van der Waals surface area contributed by atoms with Crippen LogP contribution in [0.4, 0.5) is 5.69 Å². The van der Waals surface area contributed by atoms with Crippen LogP contribution in [0.2, 0.25) is 0 Å². The molecule has 0 radical (unpaired) electrons. The largest absolute Gasteiger partial charge is 0.497 e. The van der Waals surface area contributed by atoms with E-state index in [1.165, 1.54) is 4.90 Å². The molecule has 31 heavy (non-hydrogen) atoms. The third-order valence-corrected chi connectivity index (χ3v) is 9.61. The molecule has 2 amide bonds. The number of benzene rings is 3. The highest BCUT2D eigenvalue weighted by Gasteiger charge is 2.72. The van der Waals surface area contributed by atoms with Crippen LogP contribution in [0.1, 0.15) is 22.3 Å². The number of ether oxygens (including phenoxy) is 1. The van der Waals surface area contributed by atoms with Crippen molar-refractivity contribution in [2.24, 2.45) is 11.8 Å². The lowest BCUT2D eigenvalue weighted by Crippen LogP contribution is -2.56. The zero-order valence-corrected chi connectivity index (χ0v) is 19.7. The summed E-state index contributed by atoms with van der Waals surface area (Å²) >= 11 is 8.02. The Morgan fingerprint density at radius 3 is 1.45 bits per heavy atom. The number of halogens is 2. The summed E-state index contributed by atoms with van der Waals surface area (Å²) in [7, 11) is 1.59. The highest BCUT2D eigenvalue weighted by Crippen LogP contribution is 2.70. The second-order valence-corrected chi connectivity index (χ2v) is 10.7. The van der Waals surface area contributed by atoms with E-state index in [0.29, 0.717) is 11.4 Å². The summed E-state index contributed by atoms with van der Waals surface area (Å²) in [5.41, 5.74) is 4.69. The van der Waals surface area contributed by atoms with Crippen LogP contribution in [-0.4, -0.2) is 18.9 Å². The van der Waals surface area contributed by atoms with Gasteiger partial charge >= 0.3 is 0 Å². The molecule has 6 heteroatoms. The Morgan fingerprint density at radius 2 is 1.10 bits per heavy atom. The summed E-state index contributed by atoms with van der Waals surface area (Å²) in [5.74, 6) is -0.832. The van der Waals surface area contributed by atoms with Crippen molar-refractivity contribution in [1.82, 2.24) is 0 Å². The predicted octanol–water partition coefficient (Wildman–Crippen LogP) is 5.11. The van der Waals surface area contributed by atoms with Gasteiger partial charge < -0.3 is 4.74 Å². The number of carbonyl (C=O) groups is 2. The molecule has 2 atom stereocenters. The second-order valence-electron chi connectivity index (χ2n) is 8.18. The maximum atomic E-state index is 13.9. The van der Waals surface area contributed by atoms with Gasteiger partial charge in [0.2, 0.25) is 11.8 Å². The van der Waals surface area contributed by atoms with Crippen molar-refractivity contribution in [1.29, 1.82) is 0 Å². The minimum Gasteiger partial charge on any atom is -0.497 e. The molecule has 154 valence electrons. The minimum atomic E-state index is -0.770. The fourth-order valence-corrected chi connectivity index (χ4v) is 7.96. The molecule has 3 aliphatic carbocycles. The highest BCUT2D eigenvalue weighted by atomic mass is 79.9.